The fraction of sp³-hybridized carbons (Fsp3) is 0.308. The van der Waals surface area contributed by atoms with Crippen molar-refractivity contribution in [1.29, 1.82) is 0 Å². The Balaban J connectivity index is 1.24. The van der Waals surface area contributed by atoms with Crippen molar-refractivity contribution in [2.24, 2.45) is 10.8 Å². The second-order valence-corrected chi connectivity index (χ2v) is 18.0. The van der Waals surface area contributed by atoms with E-state index in [1.807, 2.05) is 0 Å². The molecule has 57 heavy (non-hydrogen) atoms. The molecule has 1 atom stereocenters. The van der Waals surface area contributed by atoms with Crippen molar-refractivity contribution in [1.82, 2.24) is 0 Å². The van der Waals surface area contributed by atoms with Crippen LogP contribution in [0.4, 0.5) is 5.69 Å². The minimum Gasteiger partial charge on any atom is -0.486 e. The van der Waals surface area contributed by atoms with Gasteiger partial charge in [0.2, 0.25) is 0 Å². The Morgan fingerprint density at radius 3 is 1.88 bits per heavy atom. The number of rotatable bonds is 3. The van der Waals surface area contributed by atoms with Gasteiger partial charge < -0.3 is 23.8 Å². The van der Waals surface area contributed by atoms with E-state index in [9.17, 15) is 0 Å². The number of hydrogen-bond donors (Lipinski definition) is 0. The molecular formula is C52H49NO4. The minimum absolute atomic E-state index is 0.0534. The van der Waals surface area contributed by atoms with Crippen LogP contribution in [0.1, 0.15) is 68.4 Å². The van der Waals surface area contributed by atoms with E-state index < -0.39 is 5.60 Å². The molecule has 5 nitrogen and oxygen atoms in total. The second-order valence-electron chi connectivity index (χ2n) is 18.0. The minimum atomic E-state index is -0.881. The Bertz CT molecular complexity index is 2580. The maximum absolute atomic E-state index is 7.85. The van der Waals surface area contributed by atoms with Crippen LogP contribution in [0.25, 0.3) is 39.1 Å². The molecule has 2 fully saturated rings. The van der Waals surface area contributed by atoms with Crippen molar-refractivity contribution < 1.29 is 18.9 Å². The Kier molecular flexibility index (Phi) is 7.60. The van der Waals surface area contributed by atoms with Crippen LogP contribution in [0, 0.1) is 10.8 Å². The van der Waals surface area contributed by atoms with E-state index in [0.717, 1.165) is 83.9 Å². The van der Waals surface area contributed by atoms with E-state index in [1.54, 1.807) is 0 Å². The van der Waals surface area contributed by atoms with Gasteiger partial charge in [0, 0.05) is 46.3 Å². The maximum Gasteiger partial charge on any atom is 0.178 e. The number of anilines is 1. The molecular weight excluding hydrogens is 703 g/mol. The molecule has 1 unspecified atom stereocenters. The lowest BCUT2D eigenvalue weighted by Gasteiger charge is -2.41. The van der Waals surface area contributed by atoms with Crippen LogP contribution in [-0.4, -0.2) is 39.5 Å². The summed E-state index contributed by atoms with van der Waals surface area (Å²) in [4.78, 5) is 2.41. The van der Waals surface area contributed by atoms with Gasteiger partial charge in [0.1, 0.15) is 19.0 Å². The van der Waals surface area contributed by atoms with Crippen LogP contribution >= 0.6 is 0 Å². The van der Waals surface area contributed by atoms with Crippen LogP contribution in [0.5, 0.6) is 17.2 Å². The number of nitrogens with zero attached hydrogens (tertiary/aromatic N) is 1. The van der Waals surface area contributed by atoms with Crippen molar-refractivity contribution in [2.45, 2.75) is 51.6 Å². The third kappa shape index (κ3) is 5.04. The van der Waals surface area contributed by atoms with Crippen LogP contribution < -0.4 is 19.1 Å². The van der Waals surface area contributed by atoms with Gasteiger partial charge in [0.05, 0.1) is 13.2 Å². The highest BCUT2D eigenvalue weighted by Gasteiger charge is 2.59. The predicted molar refractivity (Wildman–Crippen MR) is 230 cm³/mol. The summed E-state index contributed by atoms with van der Waals surface area (Å²) in [7, 11) is 0. The van der Waals surface area contributed by atoms with E-state index in [-0.39, 0.29) is 16.2 Å². The first-order valence-corrected chi connectivity index (χ1v) is 20.7. The average Bonchev–Trinajstić information content (AvgIpc) is 3.39. The summed E-state index contributed by atoms with van der Waals surface area (Å²) in [6.07, 6.45) is 6.76. The Hall–Kier alpha value is -5.52. The second kappa shape index (κ2) is 12.5. The molecule has 5 heteroatoms. The number of morpholine rings is 1. The SMILES string of the molecule is CC1(C)CC2(CC1(C)C)c1ccccc1-c1ccccc1-c1c2c2c(c3cc4c(cc13)OCCO4)OC(c1ccccc1)(c1ccc(N3CCOCC3)cc1)C=C2. The Morgan fingerprint density at radius 2 is 1.18 bits per heavy atom. The molecule has 0 aromatic heterocycles. The zero-order valence-electron chi connectivity index (χ0n) is 33.4. The molecule has 0 amide bonds. The summed E-state index contributed by atoms with van der Waals surface area (Å²) >= 11 is 0. The number of hydrogen-bond acceptors (Lipinski definition) is 5. The zero-order valence-corrected chi connectivity index (χ0v) is 33.4. The highest BCUT2D eigenvalue weighted by molar-refractivity contribution is 6.10. The van der Waals surface area contributed by atoms with Crippen LogP contribution in [0.15, 0.2) is 121 Å². The van der Waals surface area contributed by atoms with Gasteiger partial charge in [0.25, 0.3) is 0 Å². The number of fused-ring (bicyclic) bond motifs is 13. The third-order valence-electron chi connectivity index (χ3n) is 14.3. The highest BCUT2D eigenvalue weighted by Crippen LogP contribution is 2.69. The zero-order chi connectivity index (χ0) is 38.6. The van der Waals surface area contributed by atoms with Gasteiger partial charge in [-0.05, 0) is 92.8 Å². The number of ether oxygens (including phenoxy) is 4. The fourth-order valence-electron chi connectivity index (χ4n) is 11.0. The number of benzene rings is 6. The maximum atomic E-state index is 7.85. The van der Waals surface area contributed by atoms with Crippen molar-refractivity contribution in [3.8, 4) is 39.5 Å². The lowest BCUT2D eigenvalue weighted by Crippen LogP contribution is -2.37. The van der Waals surface area contributed by atoms with Gasteiger partial charge in [-0.25, -0.2) is 0 Å². The quantitative estimate of drug-likeness (QED) is 0.180. The fourth-order valence-corrected chi connectivity index (χ4v) is 11.0. The Morgan fingerprint density at radius 1 is 0.579 bits per heavy atom. The lowest BCUT2D eigenvalue weighted by molar-refractivity contribution is 0.122. The normalized spacial score (nSPS) is 21.9. The van der Waals surface area contributed by atoms with E-state index in [4.69, 9.17) is 18.9 Å². The molecule has 1 saturated heterocycles. The van der Waals surface area contributed by atoms with Crippen molar-refractivity contribution in [3.63, 3.8) is 0 Å². The molecule has 0 radical (unpaired) electrons. The van der Waals surface area contributed by atoms with E-state index in [2.05, 4.69) is 160 Å². The molecule has 1 saturated carbocycles. The topological polar surface area (TPSA) is 40.2 Å². The van der Waals surface area contributed by atoms with Crippen LogP contribution in [-0.2, 0) is 15.8 Å². The van der Waals surface area contributed by atoms with Crippen molar-refractivity contribution >= 4 is 22.5 Å². The molecule has 0 bridgehead atoms. The summed E-state index contributed by atoms with van der Waals surface area (Å²) in [6.45, 7) is 14.2. The van der Waals surface area contributed by atoms with Gasteiger partial charge >= 0.3 is 0 Å². The summed E-state index contributed by atoms with van der Waals surface area (Å²) in [5.41, 5.74) is 11.3. The first kappa shape index (κ1) is 34.7. The molecule has 1 spiro atoms. The summed E-state index contributed by atoms with van der Waals surface area (Å²) in [5, 5.41) is 2.17. The molecule has 6 aromatic rings. The molecule has 0 N–H and O–H groups in total. The largest absolute Gasteiger partial charge is 0.486 e. The van der Waals surface area contributed by atoms with E-state index in [1.165, 1.54) is 39.1 Å². The summed E-state index contributed by atoms with van der Waals surface area (Å²) in [5.74, 6) is 2.44. The van der Waals surface area contributed by atoms with Crippen LogP contribution in [0.3, 0.4) is 0 Å². The van der Waals surface area contributed by atoms with E-state index >= 15 is 0 Å². The van der Waals surface area contributed by atoms with Crippen molar-refractivity contribution in [3.05, 3.63) is 149 Å². The first-order chi connectivity index (χ1) is 27.7. The molecule has 3 heterocycles. The van der Waals surface area contributed by atoms with Gasteiger partial charge in [-0.2, -0.15) is 0 Å². The molecule has 6 aromatic carbocycles. The summed E-state index contributed by atoms with van der Waals surface area (Å²) in [6, 6.07) is 42.4. The standard InChI is InChI=1S/C52H49NO4/c1-49(2)32-51(33-50(49,3)4)43-17-11-10-15-38(43)37-14-8-9-16-39(37)46-41-30-44-45(56-29-28-55-44)31-42(41)48-40(47(46)51)22-23-52(57-48,34-12-6-5-7-13-34)35-18-20-36(21-19-35)53-24-26-54-27-25-53/h5-23,30-31H,24-29,32-33H2,1-4H3. The Labute approximate surface area is 335 Å². The van der Waals surface area contributed by atoms with Gasteiger partial charge in [0.15, 0.2) is 17.1 Å². The van der Waals surface area contributed by atoms with Crippen molar-refractivity contribution in [2.75, 3.05) is 44.4 Å². The van der Waals surface area contributed by atoms with E-state index in [0.29, 0.717) is 13.2 Å². The molecule has 11 rings (SSSR count). The van der Waals surface area contributed by atoms with Crippen LogP contribution in [0.2, 0.25) is 0 Å². The highest BCUT2D eigenvalue weighted by atomic mass is 16.6. The molecule has 3 aliphatic heterocycles. The smallest absolute Gasteiger partial charge is 0.178 e. The van der Waals surface area contributed by atoms with Gasteiger partial charge in [-0.3, -0.25) is 0 Å². The third-order valence-corrected chi connectivity index (χ3v) is 14.3. The summed E-state index contributed by atoms with van der Waals surface area (Å²) < 4.78 is 26.2. The molecule has 2 aliphatic carbocycles. The lowest BCUT2D eigenvalue weighted by atomic mass is 9.66. The molecule has 286 valence electrons. The monoisotopic (exact) mass is 751 g/mol. The van der Waals surface area contributed by atoms with Gasteiger partial charge in [-0.1, -0.05) is 125 Å². The first-order valence-electron chi connectivity index (χ1n) is 20.7. The average molecular weight is 752 g/mol. The predicted octanol–water partition coefficient (Wildman–Crippen LogP) is 11.6. The molecule has 5 aliphatic rings. The van der Waals surface area contributed by atoms with Gasteiger partial charge in [-0.15, -0.1) is 0 Å².